The molecule has 162 valence electrons. The highest BCUT2D eigenvalue weighted by Crippen LogP contribution is 2.38. The zero-order valence-electron chi connectivity index (χ0n) is 17.1. The van der Waals surface area contributed by atoms with Crippen LogP contribution in [0.1, 0.15) is 15.9 Å². The highest BCUT2D eigenvalue weighted by Gasteiger charge is 2.35. The van der Waals surface area contributed by atoms with Crippen LogP contribution in [-0.2, 0) is 4.79 Å². The third-order valence-electron chi connectivity index (χ3n) is 5.31. The largest absolute Gasteiger partial charge is 0.505 e. The molecule has 0 bridgehead atoms. The number of anilines is 3. The minimum atomic E-state index is -1.05. The molecule has 0 spiro atoms. The molecular weight excluding hydrogens is 438 g/mol. The van der Waals surface area contributed by atoms with E-state index in [1.807, 2.05) is 41.1 Å². The molecule has 0 saturated heterocycles. The van der Waals surface area contributed by atoms with Crippen molar-refractivity contribution in [1.82, 2.24) is 0 Å². The Labute approximate surface area is 192 Å². The number of carbonyl (C=O) groups is 2. The first-order valence-electron chi connectivity index (χ1n) is 10.00. The molecule has 0 radical (unpaired) electrons. The number of nitrogens with one attached hydrogen (secondary N) is 1. The number of hydrazone groups is 1. The Hall–Kier alpha value is -4.43. The number of phenolic OH excluding ortho intramolecular Hbond substituents is 1. The van der Waals surface area contributed by atoms with Gasteiger partial charge in [0.25, 0.3) is 5.91 Å². The summed E-state index contributed by atoms with van der Waals surface area (Å²) in [6, 6.07) is 20.6. The van der Waals surface area contributed by atoms with Gasteiger partial charge in [-0.3, -0.25) is 15.1 Å². The van der Waals surface area contributed by atoms with Crippen LogP contribution in [0.2, 0.25) is 0 Å². The van der Waals surface area contributed by atoms with Gasteiger partial charge in [-0.05, 0) is 41.3 Å². The van der Waals surface area contributed by atoms with Gasteiger partial charge in [0, 0.05) is 16.5 Å². The number of hydrogen-bond donors (Lipinski definition) is 3. The molecule has 0 atom stereocenters. The van der Waals surface area contributed by atoms with Crippen LogP contribution in [0.4, 0.5) is 17.1 Å². The number of fused-ring (bicyclic) bond motifs is 1. The van der Waals surface area contributed by atoms with Gasteiger partial charge in [-0.25, -0.2) is 4.79 Å². The van der Waals surface area contributed by atoms with E-state index in [0.29, 0.717) is 22.4 Å². The molecule has 2 heterocycles. The fourth-order valence-electron chi connectivity index (χ4n) is 3.75. The smallest absolute Gasteiger partial charge is 0.335 e. The lowest BCUT2D eigenvalue weighted by molar-refractivity contribution is -0.111. The van der Waals surface area contributed by atoms with Crippen molar-refractivity contribution in [1.29, 1.82) is 0 Å². The number of aromatic carboxylic acids is 1. The third kappa shape index (κ3) is 3.62. The third-order valence-corrected chi connectivity index (χ3v) is 5.99. The summed E-state index contributed by atoms with van der Waals surface area (Å²) < 4.78 is 0. The molecule has 1 aromatic heterocycles. The average Bonchev–Trinajstić information content (AvgIpc) is 3.44. The van der Waals surface area contributed by atoms with Crippen LogP contribution in [0.3, 0.4) is 0 Å². The molecule has 0 unspecified atom stereocenters. The highest BCUT2D eigenvalue weighted by molar-refractivity contribution is 7.08. The van der Waals surface area contributed by atoms with Crippen LogP contribution >= 0.6 is 11.3 Å². The Bertz CT molecular complexity index is 1410. The van der Waals surface area contributed by atoms with E-state index in [4.69, 9.17) is 0 Å². The lowest BCUT2D eigenvalue weighted by atomic mass is 10.0. The maximum Gasteiger partial charge on any atom is 0.335 e. The lowest BCUT2D eigenvalue weighted by Crippen LogP contribution is -2.25. The van der Waals surface area contributed by atoms with E-state index in [2.05, 4.69) is 10.5 Å². The number of phenols is 1. The number of nitrogens with zero attached hydrogens (tertiary/aromatic N) is 2. The van der Waals surface area contributed by atoms with E-state index in [-0.39, 0.29) is 22.9 Å². The van der Waals surface area contributed by atoms with Crippen LogP contribution in [0.15, 0.2) is 88.7 Å². The Morgan fingerprint density at radius 2 is 1.76 bits per heavy atom. The van der Waals surface area contributed by atoms with E-state index in [9.17, 15) is 19.8 Å². The zero-order chi connectivity index (χ0) is 22.9. The molecule has 3 N–H and O–H groups in total. The van der Waals surface area contributed by atoms with E-state index in [0.717, 1.165) is 11.4 Å². The topological polar surface area (TPSA) is 102 Å². The quantitative estimate of drug-likeness (QED) is 0.279. The number of thiophene rings is 1. The number of carboxylic acids is 1. The molecule has 0 fully saturated rings. The lowest BCUT2D eigenvalue weighted by Gasteiger charge is -2.14. The SMILES string of the molecule is O=C(O)c1cccc(-c2cccc(N/N=C3\C(=O)N(c4ccsc4)c4ccccc43)c2O)c1. The fourth-order valence-corrected chi connectivity index (χ4v) is 4.37. The van der Waals surface area contributed by atoms with Crippen molar-refractivity contribution in [3.8, 4) is 16.9 Å². The van der Waals surface area contributed by atoms with Gasteiger partial charge in [-0.2, -0.15) is 16.4 Å². The summed E-state index contributed by atoms with van der Waals surface area (Å²) in [4.78, 5) is 26.1. The predicted molar refractivity (Wildman–Crippen MR) is 129 cm³/mol. The van der Waals surface area contributed by atoms with Gasteiger partial charge >= 0.3 is 5.97 Å². The van der Waals surface area contributed by atoms with Gasteiger partial charge in [0.1, 0.15) is 5.75 Å². The summed E-state index contributed by atoms with van der Waals surface area (Å²) in [6.07, 6.45) is 0. The molecule has 0 saturated carbocycles. The van der Waals surface area contributed by atoms with Crippen molar-refractivity contribution in [3.63, 3.8) is 0 Å². The van der Waals surface area contributed by atoms with Crippen LogP contribution in [0.5, 0.6) is 5.75 Å². The van der Waals surface area contributed by atoms with E-state index < -0.39 is 5.97 Å². The molecule has 1 amide bonds. The van der Waals surface area contributed by atoms with Gasteiger partial charge in [-0.15, -0.1) is 0 Å². The Morgan fingerprint density at radius 3 is 2.55 bits per heavy atom. The van der Waals surface area contributed by atoms with E-state index in [1.165, 1.54) is 23.5 Å². The predicted octanol–water partition coefficient (Wildman–Crippen LogP) is 5.31. The van der Waals surface area contributed by atoms with Gasteiger partial charge in [0.15, 0.2) is 5.71 Å². The molecular formula is C25H17N3O4S. The first kappa shape index (κ1) is 20.5. The Balaban J connectivity index is 1.50. The van der Waals surface area contributed by atoms with Gasteiger partial charge in [0.05, 0.1) is 22.6 Å². The number of carboxylic acid groups (broad SMARTS) is 1. The van der Waals surface area contributed by atoms with Crippen LogP contribution in [0.25, 0.3) is 11.1 Å². The maximum absolute atomic E-state index is 13.2. The highest BCUT2D eigenvalue weighted by atomic mass is 32.1. The first-order chi connectivity index (χ1) is 16.0. The minimum absolute atomic E-state index is 0.0992. The molecule has 1 aliphatic heterocycles. The second kappa shape index (κ2) is 8.25. The molecule has 7 nitrogen and oxygen atoms in total. The zero-order valence-corrected chi connectivity index (χ0v) is 17.9. The molecule has 3 aromatic carbocycles. The number of hydrogen-bond acceptors (Lipinski definition) is 6. The minimum Gasteiger partial charge on any atom is -0.505 e. The fraction of sp³-hybridized carbons (Fsp3) is 0. The number of carbonyl (C=O) groups excluding carboxylic acids is 1. The standard InChI is InChI=1S/C25H17N3O4S/c29-23-18(15-5-3-6-16(13-15)25(31)32)8-4-9-20(23)26-27-22-19-7-1-2-10-21(19)28(24(22)30)17-11-12-33-14-17/h1-14,26,29H,(H,31,32)/b27-22-. The van der Waals surface area contributed by atoms with Gasteiger partial charge in [-0.1, -0.05) is 42.5 Å². The molecule has 33 heavy (non-hydrogen) atoms. The van der Waals surface area contributed by atoms with Crippen LogP contribution in [-0.4, -0.2) is 27.8 Å². The monoisotopic (exact) mass is 455 g/mol. The number of para-hydroxylation sites is 2. The Kier molecular flexibility index (Phi) is 5.12. The average molecular weight is 455 g/mol. The number of aromatic hydroxyl groups is 1. The van der Waals surface area contributed by atoms with Crippen molar-refractivity contribution < 1.29 is 19.8 Å². The summed E-state index contributed by atoms with van der Waals surface area (Å²) in [5.74, 6) is -1.42. The molecule has 4 aromatic rings. The molecule has 8 heteroatoms. The van der Waals surface area contributed by atoms with Crippen molar-refractivity contribution in [2.45, 2.75) is 0 Å². The molecule has 5 rings (SSSR count). The summed E-state index contributed by atoms with van der Waals surface area (Å²) in [5.41, 5.74) is 6.65. The first-order valence-corrected chi connectivity index (χ1v) is 10.9. The van der Waals surface area contributed by atoms with E-state index >= 15 is 0 Å². The second-order valence-corrected chi connectivity index (χ2v) is 8.08. The summed E-state index contributed by atoms with van der Waals surface area (Å²) >= 11 is 1.50. The maximum atomic E-state index is 13.2. The Morgan fingerprint density at radius 1 is 0.970 bits per heavy atom. The number of rotatable bonds is 5. The van der Waals surface area contributed by atoms with Gasteiger partial charge in [0.2, 0.25) is 0 Å². The van der Waals surface area contributed by atoms with Crippen LogP contribution in [0, 0.1) is 0 Å². The second-order valence-electron chi connectivity index (χ2n) is 7.30. The summed E-state index contributed by atoms with van der Waals surface area (Å²) in [7, 11) is 0. The van der Waals surface area contributed by atoms with E-state index in [1.54, 1.807) is 35.2 Å². The van der Waals surface area contributed by atoms with Crippen molar-refractivity contribution in [2.75, 3.05) is 10.3 Å². The summed E-state index contributed by atoms with van der Waals surface area (Å²) in [5, 5.41) is 28.2. The van der Waals surface area contributed by atoms with Crippen molar-refractivity contribution in [3.05, 3.63) is 94.7 Å². The van der Waals surface area contributed by atoms with Crippen LogP contribution < -0.4 is 10.3 Å². The molecule has 0 aliphatic carbocycles. The van der Waals surface area contributed by atoms with Crippen molar-refractivity contribution in [2.24, 2.45) is 5.10 Å². The molecule has 1 aliphatic rings. The summed E-state index contributed by atoms with van der Waals surface area (Å²) in [6.45, 7) is 0. The van der Waals surface area contributed by atoms with Crippen molar-refractivity contribution >= 4 is 46.0 Å². The number of amides is 1. The normalized spacial score (nSPS) is 13.9. The van der Waals surface area contributed by atoms with Gasteiger partial charge < -0.3 is 10.2 Å². The number of benzene rings is 3.